The van der Waals surface area contributed by atoms with E-state index in [-0.39, 0.29) is 34.9 Å². The first-order chi connectivity index (χ1) is 9.39. The van der Waals surface area contributed by atoms with Gasteiger partial charge < -0.3 is 10.6 Å². The average Bonchev–Trinajstić information content (AvgIpc) is 2.39. The highest BCUT2D eigenvalue weighted by molar-refractivity contribution is 14.0. The van der Waals surface area contributed by atoms with Gasteiger partial charge in [0.05, 0.1) is 4.90 Å². The molecule has 1 aromatic rings. The molecule has 0 radical (unpaired) electrons. The van der Waals surface area contributed by atoms with Crippen molar-refractivity contribution >= 4 is 40.0 Å². The third-order valence-corrected chi connectivity index (χ3v) is 4.18. The molecule has 0 heterocycles. The normalized spacial score (nSPS) is 12.0. The van der Waals surface area contributed by atoms with Crippen molar-refractivity contribution in [1.29, 1.82) is 0 Å². The molecule has 0 saturated carbocycles. The zero-order chi connectivity index (χ0) is 15.2. The van der Waals surface area contributed by atoms with Crippen LogP contribution in [0.4, 0.5) is 0 Å². The Labute approximate surface area is 143 Å². The van der Waals surface area contributed by atoms with E-state index in [9.17, 15) is 8.42 Å². The predicted molar refractivity (Wildman–Crippen MR) is 96.6 cm³/mol. The van der Waals surface area contributed by atoms with Crippen molar-refractivity contribution in [3.63, 3.8) is 0 Å². The first-order valence-electron chi connectivity index (χ1n) is 6.38. The molecular weight excluding hydrogens is 403 g/mol. The maximum absolute atomic E-state index is 12.1. The maximum atomic E-state index is 12.1. The highest BCUT2D eigenvalue weighted by Gasteiger charge is 2.15. The van der Waals surface area contributed by atoms with Crippen LogP contribution in [0.3, 0.4) is 0 Å². The second-order valence-electron chi connectivity index (χ2n) is 4.60. The van der Waals surface area contributed by atoms with Crippen molar-refractivity contribution in [2.45, 2.75) is 31.3 Å². The van der Waals surface area contributed by atoms with Crippen molar-refractivity contribution in [2.75, 3.05) is 14.1 Å². The molecule has 0 aliphatic rings. The zero-order valence-corrected chi connectivity index (χ0v) is 15.8. The lowest BCUT2D eigenvalue weighted by molar-refractivity contribution is 0.569. The van der Waals surface area contributed by atoms with E-state index in [0.29, 0.717) is 12.5 Å². The molecule has 1 rings (SSSR count). The molecule has 0 spiro atoms. The Balaban J connectivity index is 0.00000400. The number of halogens is 1. The van der Waals surface area contributed by atoms with E-state index in [1.807, 2.05) is 6.07 Å². The van der Waals surface area contributed by atoms with Crippen LogP contribution in [-0.4, -0.2) is 34.5 Å². The number of hydrogen-bond acceptors (Lipinski definition) is 3. The van der Waals surface area contributed by atoms with Gasteiger partial charge in [0.2, 0.25) is 10.0 Å². The summed E-state index contributed by atoms with van der Waals surface area (Å²) in [5, 5.41) is 5.98. The van der Waals surface area contributed by atoms with Gasteiger partial charge in [-0.1, -0.05) is 12.1 Å². The summed E-state index contributed by atoms with van der Waals surface area (Å²) in [4.78, 5) is 4.26. The van der Waals surface area contributed by atoms with Gasteiger partial charge in [0.25, 0.3) is 0 Å². The van der Waals surface area contributed by atoms with E-state index >= 15 is 0 Å². The minimum absolute atomic E-state index is 0. The maximum Gasteiger partial charge on any atom is 0.240 e. The fraction of sp³-hybridized carbons (Fsp3) is 0.462. The first-order valence-corrected chi connectivity index (χ1v) is 7.87. The summed E-state index contributed by atoms with van der Waals surface area (Å²) in [6.45, 7) is 4.08. The average molecular weight is 426 g/mol. The standard InChI is InChI=1S/C13H22N4O2S.HI/c1-10(2)17-20(18,19)12-7-5-6-11(8-12)9-16-13(14-3)15-4;/h5-8,10,17H,9H2,1-4H3,(H2,14,15,16);1H. The van der Waals surface area contributed by atoms with E-state index in [0.717, 1.165) is 5.56 Å². The first kappa shape index (κ1) is 20.1. The predicted octanol–water partition coefficient (Wildman–Crippen LogP) is 1.29. The highest BCUT2D eigenvalue weighted by atomic mass is 127. The molecule has 0 aliphatic heterocycles. The Hall–Kier alpha value is -0.870. The largest absolute Gasteiger partial charge is 0.359 e. The van der Waals surface area contributed by atoms with Crippen LogP contribution < -0.4 is 15.4 Å². The minimum Gasteiger partial charge on any atom is -0.359 e. The number of nitrogens with zero attached hydrogens (tertiary/aromatic N) is 1. The summed E-state index contributed by atoms with van der Waals surface area (Å²) in [5.74, 6) is 0.651. The number of hydrogen-bond donors (Lipinski definition) is 3. The molecule has 0 unspecified atom stereocenters. The third-order valence-electron chi connectivity index (χ3n) is 2.52. The molecule has 21 heavy (non-hydrogen) atoms. The van der Waals surface area contributed by atoms with Crippen molar-refractivity contribution in [3.8, 4) is 0 Å². The minimum atomic E-state index is -3.46. The lowest BCUT2D eigenvalue weighted by Crippen LogP contribution is -2.34. The number of sulfonamides is 1. The van der Waals surface area contributed by atoms with Crippen LogP contribution in [0.2, 0.25) is 0 Å². The smallest absolute Gasteiger partial charge is 0.240 e. The molecule has 0 aliphatic carbocycles. The number of nitrogens with one attached hydrogen (secondary N) is 3. The van der Waals surface area contributed by atoms with E-state index in [1.165, 1.54) is 0 Å². The van der Waals surface area contributed by atoms with E-state index in [1.54, 1.807) is 46.1 Å². The summed E-state index contributed by atoms with van der Waals surface area (Å²) in [6, 6.07) is 6.70. The van der Waals surface area contributed by atoms with Crippen molar-refractivity contribution < 1.29 is 8.42 Å². The van der Waals surface area contributed by atoms with Gasteiger partial charge in [-0.15, -0.1) is 24.0 Å². The Kier molecular flexibility index (Phi) is 8.83. The van der Waals surface area contributed by atoms with Gasteiger partial charge in [-0.05, 0) is 31.5 Å². The molecule has 1 aromatic carbocycles. The van der Waals surface area contributed by atoms with Crippen LogP contribution in [-0.2, 0) is 16.6 Å². The molecule has 6 nitrogen and oxygen atoms in total. The molecule has 0 amide bonds. The number of aliphatic imine (C=N–C) groups is 1. The molecule has 0 aromatic heterocycles. The molecule has 120 valence electrons. The van der Waals surface area contributed by atoms with Gasteiger partial charge >= 0.3 is 0 Å². The Bertz CT molecular complexity index is 573. The molecule has 0 fully saturated rings. The summed E-state index contributed by atoms with van der Waals surface area (Å²) in [5.41, 5.74) is 0.869. The van der Waals surface area contributed by atoms with Gasteiger partial charge in [-0.25, -0.2) is 13.1 Å². The van der Waals surface area contributed by atoms with Crippen molar-refractivity contribution in [1.82, 2.24) is 15.4 Å². The molecule has 3 N–H and O–H groups in total. The highest BCUT2D eigenvalue weighted by Crippen LogP contribution is 2.12. The second-order valence-corrected chi connectivity index (χ2v) is 6.31. The van der Waals surface area contributed by atoms with Gasteiger partial charge in [-0.2, -0.15) is 0 Å². The summed E-state index contributed by atoms with van der Waals surface area (Å²) in [7, 11) is -0.0158. The molecule has 0 saturated heterocycles. The van der Waals surface area contributed by atoms with Gasteiger partial charge in [0.1, 0.15) is 0 Å². The molecule has 8 heteroatoms. The summed E-state index contributed by atoms with van der Waals surface area (Å²) < 4.78 is 26.7. The quantitative estimate of drug-likeness (QED) is 0.377. The lowest BCUT2D eigenvalue weighted by atomic mass is 10.2. The van der Waals surface area contributed by atoms with Crippen LogP contribution in [0.25, 0.3) is 0 Å². The number of benzene rings is 1. The van der Waals surface area contributed by atoms with Crippen LogP contribution in [0.5, 0.6) is 0 Å². The fourth-order valence-corrected chi connectivity index (χ4v) is 2.99. The monoisotopic (exact) mass is 426 g/mol. The molecule has 0 atom stereocenters. The summed E-state index contributed by atoms with van der Waals surface area (Å²) >= 11 is 0. The zero-order valence-electron chi connectivity index (χ0n) is 12.7. The second kappa shape index (κ2) is 9.21. The number of rotatable bonds is 5. The van der Waals surface area contributed by atoms with Crippen LogP contribution in [0.15, 0.2) is 34.2 Å². The van der Waals surface area contributed by atoms with Crippen LogP contribution in [0, 0.1) is 0 Å². The third kappa shape index (κ3) is 6.62. The van der Waals surface area contributed by atoms with Crippen molar-refractivity contribution in [3.05, 3.63) is 29.8 Å². The van der Waals surface area contributed by atoms with Gasteiger partial charge in [0.15, 0.2) is 5.96 Å². The lowest BCUT2D eigenvalue weighted by Gasteiger charge is -2.12. The van der Waals surface area contributed by atoms with Gasteiger partial charge in [-0.3, -0.25) is 4.99 Å². The van der Waals surface area contributed by atoms with E-state index in [2.05, 4.69) is 20.3 Å². The Morgan fingerprint density at radius 2 is 2.00 bits per heavy atom. The fourth-order valence-electron chi connectivity index (χ4n) is 1.67. The Morgan fingerprint density at radius 1 is 1.33 bits per heavy atom. The summed E-state index contributed by atoms with van der Waals surface area (Å²) in [6.07, 6.45) is 0. The van der Waals surface area contributed by atoms with Crippen LogP contribution in [0.1, 0.15) is 19.4 Å². The SMILES string of the molecule is CN=C(NC)NCc1cccc(S(=O)(=O)NC(C)C)c1.I. The van der Waals surface area contributed by atoms with E-state index < -0.39 is 10.0 Å². The molecular formula is C13H23IN4O2S. The van der Waals surface area contributed by atoms with Crippen LogP contribution >= 0.6 is 24.0 Å². The van der Waals surface area contributed by atoms with Crippen molar-refractivity contribution in [2.24, 2.45) is 4.99 Å². The Morgan fingerprint density at radius 3 is 2.52 bits per heavy atom. The topological polar surface area (TPSA) is 82.6 Å². The number of guanidine groups is 1. The van der Waals surface area contributed by atoms with Gasteiger partial charge in [0, 0.05) is 26.7 Å². The molecule has 0 bridgehead atoms. The van der Waals surface area contributed by atoms with E-state index in [4.69, 9.17) is 0 Å².